The summed E-state index contributed by atoms with van der Waals surface area (Å²) < 4.78 is 37.4. The fourth-order valence-corrected chi connectivity index (χ4v) is 4.33. The number of rotatable bonds is 8. The van der Waals surface area contributed by atoms with Crippen molar-refractivity contribution >= 4 is 27.6 Å². The number of anilines is 1. The van der Waals surface area contributed by atoms with Crippen LogP contribution in [-0.4, -0.2) is 56.8 Å². The molecule has 0 spiro atoms. The Morgan fingerprint density at radius 1 is 1.27 bits per heavy atom. The molecule has 0 amide bonds. The minimum atomic E-state index is -3.84. The maximum atomic E-state index is 12.8. The molecule has 0 aliphatic carbocycles. The highest BCUT2D eigenvalue weighted by Gasteiger charge is 2.28. The highest BCUT2D eigenvalue weighted by atomic mass is 32.2. The monoisotopic (exact) mass is 434 g/mol. The van der Waals surface area contributed by atoms with Crippen LogP contribution in [0.2, 0.25) is 0 Å². The quantitative estimate of drug-likeness (QED) is 0.384. The molecule has 1 N–H and O–H groups in total. The summed E-state index contributed by atoms with van der Waals surface area (Å²) in [6.45, 7) is 3.35. The second-order valence-corrected chi connectivity index (χ2v) is 8.23. The smallest absolute Gasteiger partial charge is 0.295 e. The third-order valence-corrected chi connectivity index (χ3v) is 6.28. The lowest BCUT2D eigenvalue weighted by molar-refractivity contribution is -0.384. The van der Waals surface area contributed by atoms with E-state index < -0.39 is 14.9 Å². The van der Waals surface area contributed by atoms with Crippen LogP contribution in [-0.2, 0) is 14.8 Å². The van der Waals surface area contributed by atoms with Gasteiger partial charge in [-0.25, -0.2) is 8.42 Å². The van der Waals surface area contributed by atoms with E-state index in [1.165, 1.54) is 22.7 Å². The Hall–Kier alpha value is -3.02. The molecule has 0 radical (unpaired) electrons. The first kappa shape index (κ1) is 21.7. The van der Waals surface area contributed by atoms with Gasteiger partial charge in [0.15, 0.2) is 0 Å². The summed E-state index contributed by atoms with van der Waals surface area (Å²) in [5.74, 6) is 0.631. The van der Waals surface area contributed by atoms with Gasteiger partial charge in [0, 0.05) is 24.7 Å². The number of hydrogen-bond acceptors (Lipinski definition) is 8. The number of nitro groups is 1. The van der Waals surface area contributed by atoms with Crippen LogP contribution in [0.5, 0.6) is 5.75 Å². The SMILES string of the molecule is CCOc1ccccc1C=NNc1ccc(S(=O)(=O)N2CCOCC2)cc1[N+](=O)[O-]. The van der Waals surface area contributed by atoms with Gasteiger partial charge in [0.05, 0.1) is 35.9 Å². The molecule has 1 saturated heterocycles. The van der Waals surface area contributed by atoms with Crippen LogP contribution in [0.4, 0.5) is 11.4 Å². The van der Waals surface area contributed by atoms with Gasteiger partial charge in [0.2, 0.25) is 10.0 Å². The first-order chi connectivity index (χ1) is 14.4. The molecule has 2 aromatic carbocycles. The Morgan fingerprint density at radius 2 is 2.00 bits per heavy atom. The van der Waals surface area contributed by atoms with Gasteiger partial charge in [-0.3, -0.25) is 15.5 Å². The third kappa shape index (κ3) is 4.93. The molecule has 10 nitrogen and oxygen atoms in total. The van der Waals surface area contributed by atoms with E-state index in [0.29, 0.717) is 31.1 Å². The van der Waals surface area contributed by atoms with E-state index in [1.54, 1.807) is 12.1 Å². The number of nitrogens with one attached hydrogen (secondary N) is 1. The molecule has 0 unspecified atom stereocenters. The van der Waals surface area contributed by atoms with E-state index in [9.17, 15) is 18.5 Å². The van der Waals surface area contributed by atoms with Gasteiger partial charge < -0.3 is 9.47 Å². The van der Waals surface area contributed by atoms with Crippen LogP contribution < -0.4 is 10.2 Å². The largest absolute Gasteiger partial charge is 0.493 e. The van der Waals surface area contributed by atoms with Crippen LogP contribution in [0, 0.1) is 10.1 Å². The fraction of sp³-hybridized carbons (Fsp3) is 0.316. The average molecular weight is 434 g/mol. The van der Waals surface area contributed by atoms with Gasteiger partial charge in [0.25, 0.3) is 5.69 Å². The standard InChI is InChI=1S/C19H22N4O6S/c1-2-29-19-6-4-3-5-15(19)14-20-21-17-8-7-16(13-18(17)23(24)25)30(26,27)22-9-11-28-12-10-22/h3-8,13-14,21H,2,9-12H2,1H3. The highest BCUT2D eigenvalue weighted by molar-refractivity contribution is 7.89. The van der Waals surface area contributed by atoms with Crippen LogP contribution in [0.1, 0.15) is 12.5 Å². The summed E-state index contributed by atoms with van der Waals surface area (Å²) in [5, 5.41) is 15.6. The molecule has 1 aliphatic heterocycles. The van der Waals surface area contributed by atoms with Crippen molar-refractivity contribution in [3.05, 3.63) is 58.1 Å². The van der Waals surface area contributed by atoms with Crippen molar-refractivity contribution in [2.24, 2.45) is 5.10 Å². The minimum Gasteiger partial charge on any atom is -0.493 e. The topological polar surface area (TPSA) is 123 Å². The lowest BCUT2D eigenvalue weighted by Gasteiger charge is -2.26. The second kappa shape index (κ2) is 9.65. The van der Waals surface area contributed by atoms with E-state index >= 15 is 0 Å². The molecule has 160 valence electrons. The number of sulfonamides is 1. The molecule has 0 saturated carbocycles. The Bertz CT molecular complexity index is 1040. The lowest BCUT2D eigenvalue weighted by Crippen LogP contribution is -2.40. The average Bonchev–Trinajstić information content (AvgIpc) is 2.75. The number of nitrogens with zero attached hydrogens (tertiary/aromatic N) is 3. The van der Waals surface area contributed by atoms with Gasteiger partial charge in [0.1, 0.15) is 11.4 Å². The van der Waals surface area contributed by atoms with Crippen molar-refractivity contribution < 1.29 is 22.8 Å². The Labute approximate surface area is 174 Å². The molecule has 3 rings (SSSR count). The molecular weight excluding hydrogens is 412 g/mol. The van der Waals surface area contributed by atoms with E-state index in [2.05, 4.69) is 10.5 Å². The number of hydrazone groups is 1. The first-order valence-electron chi connectivity index (χ1n) is 9.30. The van der Waals surface area contributed by atoms with Gasteiger partial charge in [-0.05, 0) is 31.2 Å². The van der Waals surface area contributed by atoms with Crippen molar-refractivity contribution in [2.45, 2.75) is 11.8 Å². The second-order valence-electron chi connectivity index (χ2n) is 6.29. The molecule has 30 heavy (non-hydrogen) atoms. The number of benzene rings is 2. The van der Waals surface area contributed by atoms with Crippen LogP contribution >= 0.6 is 0 Å². The number of nitro benzene ring substituents is 1. The zero-order chi connectivity index (χ0) is 21.6. The molecule has 0 aromatic heterocycles. The van der Waals surface area contributed by atoms with Gasteiger partial charge >= 0.3 is 0 Å². The molecule has 1 fully saturated rings. The Morgan fingerprint density at radius 3 is 2.70 bits per heavy atom. The molecule has 1 heterocycles. The predicted octanol–water partition coefficient (Wildman–Crippen LogP) is 2.46. The van der Waals surface area contributed by atoms with Crippen molar-refractivity contribution in [3.63, 3.8) is 0 Å². The molecular formula is C19H22N4O6S. The van der Waals surface area contributed by atoms with Gasteiger partial charge in [-0.15, -0.1) is 0 Å². The first-order valence-corrected chi connectivity index (χ1v) is 10.7. The Kier molecular flexibility index (Phi) is 6.98. The maximum Gasteiger partial charge on any atom is 0.295 e. The number of morpholine rings is 1. The van der Waals surface area contributed by atoms with Crippen molar-refractivity contribution in [3.8, 4) is 5.75 Å². The summed E-state index contributed by atoms with van der Waals surface area (Å²) in [5.41, 5.74) is 3.00. The molecule has 0 bridgehead atoms. The summed E-state index contributed by atoms with van der Waals surface area (Å²) >= 11 is 0. The van der Waals surface area contributed by atoms with Crippen molar-refractivity contribution in [1.82, 2.24) is 4.31 Å². The fourth-order valence-electron chi connectivity index (χ4n) is 2.90. The zero-order valence-corrected chi connectivity index (χ0v) is 17.2. The third-order valence-electron chi connectivity index (χ3n) is 4.38. The van der Waals surface area contributed by atoms with Crippen molar-refractivity contribution in [2.75, 3.05) is 38.3 Å². The van der Waals surface area contributed by atoms with Crippen LogP contribution in [0.3, 0.4) is 0 Å². The summed E-state index contributed by atoms with van der Waals surface area (Å²) in [7, 11) is -3.84. The molecule has 2 aromatic rings. The van der Waals surface area contributed by atoms with Gasteiger partial charge in [-0.1, -0.05) is 12.1 Å². The number of ether oxygens (including phenoxy) is 2. The summed E-state index contributed by atoms with van der Waals surface area (Å²) in [4.78, 5) is 10.7. The zero-order valence-electron chi connectivity index (χ0n) is 16.4. The van der Waals surface area contributed by atoms with Crippen molar-refractivity contribution in [1.29, 1.82) is 0 Å². The maximum absolute atomic E-state index is 12.8. The van der Waals surface area contributed by atoms with Crippen LogP contribution in [0.15, 0.2) is 52.5 Å². The van der Waals surface area contributed by atoms with Gasteiger partial charge in [-0.2, -0.15) is 9.41 Å². The summed E-state index contributed by atoms with van der Waals surface area (Å²) in [6, 6.07) is 10.9. The molecule has 11 heteroatoms. The van der Waals surface area contributed by atoms with E-state index in [4.69, 9.17) is 9.47 Å². The van der Waals surface area contributed by atoms with Crippen LogP contribution in [0.25, 0.3) is 0 Å². The normalized spacial score (nSPS) is 15.2. The lowest BCUT2D eigenvalue weighted by atomic mass is 10.2. The molecule has 1 aliphatic rings. The number of para-hydroxylation sites is 1. The van der Waals surface area contributed by atoms with E-state index in [0.717, 1.165) is 6.07 Å². The highest BCUT2D eigenvalue weighted by Crippen LogP contribution is 2.29. The van der Waals surface area contributed by atoms with E-state index in [-0.39, 0.29) is 29.4 Å². The minimum absolute atomic E-state index is 0.0751. The van der Waals surface area contributed by atoms with E-state index in [1.807, 2.05) is 19.1 Å². The summed E-state index contributed by atoms with van der Waals surface area (Å²) in [6.07, 6.45) is 1.48. The number of hydrogen-bond donors (Lipinski definition) is 1. The molecule has 0 atom stereocenters. The Balaban J connectivity index is 1.83. The predicted molar refractivity (Wildman–Crippen MR) is 112 cm³/mol.